The first kappa shape index (κ1) is 11.8. The molecule has 0 saturated carbocycles. The van der Waals surface area contributed by atoms with Crippen molar-refractivity contribution < 1.29 is 5.11 Å². The van der Waals surface area contributed by atoms with Crippen LogP contribution in [0.25, 0.3) is 11.1 Å². The second kappa shape index (κ2) is 5.13. The summed E-state index contributed by atoms with van der Waals surface area (Å²) < 4.78 is 0.942. The van der Waals surface area contributed by atoms with Gasteiger partial charge in [0.05, 0.1) is 18.2 Å². The van der Waals surface area contributed by atoms with Gasteiger partial charge in [0.2, 0.25) is 0 Å². The zero-order valence-corrected chi connectivity index (χ0v) is 10.6. The molecule has 0 atom stereocenters. The van der Waals surface area contributed by atoms with E-state index in [0.29, 0.717) is 5.56 Å². The van der Waals surface area contributed by atoms with E-state index in [1.54, 1.807) is 6.07 Å². The van der Waals surface area contributed by atoms with Crippen molar-refractivity contribution in [2.24, 2.45) is 0 Å². The molecule has 0 spiro atoms. The highest BCUT2D eigenvalue weighted by Gasteiger charge is 2.05. The molecule has 0 aliphatic carbocycles. The zero-order valence-electron chi connectivity index (χ0n) is 9.02. The van der Waals surface area contributed by atoms with Crippen molar-refractivity contribution in [1.82, 2.24) is 0 Å². The average Bonchev–Trinajstić information content (AvgIpc) is 2.39. The minimum absolute atomic E-state index is 0.0316. The fourth-order valence-corrected chi connectivity index (χ4v) is 2.00. The highest BCUT2D eigenvalue weighted by atomic mass is 79.9. The molecule has 2 nitrogen and oxygen atoms in total. The van der Waals surface area contributed by atoms with Gasteiger partial charge in [-0.2, -0.15) is 5.26 Å². The Morgan fingerprint density at radius 1 is 1.12 bits per heavy atom. The van der Waals surface area contributed by atoms with E-state index in [1.165, 1.54) is 0 Å². The average molecular weight is 288 g/mol. The van der Waals surface area contributed by atoms with Crippen LogP contribution in [0.4, 0.5) is 0 Å². The Morgan fingerprint density at radius 3 is 2.41 bits per heavy atom. The molecule has 2 aromatic rings. The number of benzene rings is 2. The van der Waals surface area contributed by atoms with Crippen LogP contribution >= 0.6 is 15.9 Å². The van der Waals surface area contributed by atoms with Gasteiger partial charge in [-0.3, -0.25) is 0 Å². The molecule has 0 unspecified atom stereocenters. The van der Waals surface area contributed by atoms with Crippen LogP contribution in [0, 0.1) is 11.3 Å². The van der Waals surface area contributed by atoms with Crippen molar-refractivity contribution >= 4 is 15.9 Å². The van der Waals surface area contributed by atoms with Crippen LogP contribution in [0.5, 0.6) is 0 Å². The summed E-state index contributed by atoms with van der Waals surface area (Å²) in [5.74, 6) is 0. The predicted molar refractivity (Wildman–Crippen MR) is 70.2 cm³/mol. The van der Waals surface area contributed by atoms with Crippen molar-refractivity contribution in [3.05, 3.63) is 58.1 Å². The van der Waals surface area contributed by atoms with Crippen molar-refractivity contribution in [3.63, 3.8) is 0 Å². The first-order valence-electron chi connectivity index (χ1n) is 5.14. The van der Waals surface area contributed by atoms with E-state index in [4.69, 9.17) is 10.4 Å². The second-order valence-corrected chi connectivity index (χ2v) is 4.57. The van der Waals surface area contributed by atoms with Crippen LogP contribution in [-0.4, -0.2) is 5.11 Å². The minimum Gasteiger partial charge on any atom is -0.392 e. The van der Waals surface area contributed by atoms with Crippen LogP contribution in [-0.2, 0) is 6.61 Å². The first-order chi connectivity index (χ1) is 8.24. The van der Waals surface area contributed by atoms with E-state index in [9.17, 15) is 0 Å². The third-order valence-corrected chi connectivity index (χ3v) is 3.04. The molecule has 0 radical (unpaired) electrons. The van der Waals surface area contributed by atoms with E-state index in [1.807, 2.05) is 36.4 Å². The lowest BCUT2D eigenvalue weighted by atomic mass is 9.99. The highest BCUT2D eigenvalue weighted by molar-refractivity contribution is 9.10. The zero-order chi connectivity index (χ0) is 12.3. The summed E-state index contributed by atoms with van der Waals surface area (Å²) in [6.45, 7) is 0.0316. The van der Waals surface area contributed by atoms with Gasteiger partial charge < -0.3 is 5.11 Å². The molecule has 0 aliphatic rings. The van der Waals surface area contributed by atoms with E-state index in [0.717, 1.165) is 21.2 Å². The van der Waals surface area contributed by atoms with Gasteiger partial charge in [0.1, 0.15) is 0 Å². The van der Waals surface area contributed by atoms with Gasteiger partial charge >= 0.3 is 0 Å². The summed E-state index contributed by atoms with van der Waals surface area (Å²) >= 11 is 3.40. The second-order valence-electron chi connectivity index (χ2n) is 3.66. The summed E-state index contributed by atoms with van der Waals surface area (Å²) in [7, 11) is 0. The van der Waals surface area contributed by atoms with Gasteiger partial charge in [0.25, 0.3) is 0 Å². The number of nitrogens with zero attached hydrogens (tertiary/aromatic N) is 1. The van der Waals surface area contributed by atoms with Gasteiger partial charge in [-0.1, -0.05) is 40.2 Å². The lowest BCUT2D eigenvalue weighted by molar-refractivity contribution is 0.282. The molecule has 0 aromatic heterocycles. The topological polar surface area (TPSA) is 44.0 Å². The SMILES string of the molecule is N#Cc1ccc(Br)cc1-c1ccc(CO)cc1. The smallest absolute Gasteiger partial charge is 0.0998 e. The molecule has 1 N–H and O–H groups in total. The summed E-state index contributed by atoms with van der Waals surface area (Å²) in [5.41, 5.74) is 3.37. The highest BCUT2D eigenvalue weighted by Crippen LogP contribution is 2.27. The van der Waals surface area contributed by atoms with Gasteiger partial charge in [-0.25, -0.2) is 0 Å². The Kier molecular flexibility index (Phi) is 3.58. The summed E-state index contributed by atoms with van der Waals surface area (Å²) in [6, 6.07) is 15.3. The van der Waals surface area contributed by atoms with E-state index >= 15 is 0 Å². The quantitative estimate of drug-likeness (QED) is 0.919. The fourth-order valence-electron chi connectivity index (χ4n) is 1.64. The molecule has 0 bridgehead atoms. The van der Waals surface area contributed by atoms with Crippen LogP contribution in [0.2, 0.25) is 0 Å². The Balaban J connectivity index is 2.52. The Hall–Kier alpha value is -1.63. The number of halogens is 1. The Labute approximate surface area is 108 Å². The van der Waals surface area contributed by atoms with Crippen LogP contribution < -0.4 is 0 Å². The number of aliphatic hydroxyl groups excluding tert-OH is 1. The molecular weight excluding hydrogens is 278 g/mol. The van der Waals surface area contributed by atoms with E-state index < -0.39 is 0 Å². The molecule has 0 heterocycles. The molecule has 0 saturated heterocycles. The van der Waals surface area contributed by atoms with Crippen molar-refractivity contribution in [2.75, 3.05) is 0 Å². The summed E-state index contributed by atoms with van der Waals surface area (Å²) in [4.78, 5) is 0. The third kappa shape index (κ3) is 2.55. The first-order valence-corrected chi connectivity index (χ1v) is 5.93. The number of aliphatic hydroxyl groups is 1. The monoisotopic (exact) mass is 287 g/mol. The summed E-state index contributed by atoms with van der Waals surface area (Å²) in [5, 5.41) is 18.1. The molecule has 2 aromatic carbocycles. The van der Waals surface area contributed by atoms with Crippen molar-refractivity contribution in [2.45, 2.75) is 6.61 Å². The number of nitriles is 1. The Bertz CT molecular complexity index is 570. The largest absolute Gasteiger partial charge is 0.392 e. The van der Waals surface area contributed by atoms with Crippen LogP contribution in [0.1, 0.15) is 11.1 Å². The molecule has 17 heavy (non-hydrogen) atoms. The van der Waals surface area contributed by atoms with Gasteiger partial charge in [-0.15, -0.1) is 0 Å². The standard InChI is InChI=1S/C14H10BrNO/c15-13-6-5-12(8-16)14(7-13)11-3-1-10(9-17)2-4-11/h1-7,17H,9H2. The van der Waals surface area contributed by atoms with Gasteiger partial charge in [0.15, 0.2) is 0 Å². The summed E-state index contributed by atoms with van der Waals surface area (Å²) in [6.07, 6.45) is 0. The maximum atomic E-state index is 9.07. The normalized spacial score (nSPS) is 9.94. The number of hydrogen-bond donors (Lipinski definition) is 1. The van der Waals surface area contributed by atoms with Crippen LogP contribution in [0.15, 0.2) is 46.9 Å². The van der Waals surface area contributed by atoms with E-state index in [2.05, 4.69) is 22.0 Å². The van der Waals surface area contributed by atoms with Gasteiger partial charge in [-0.05, 0) is 29.3 Å². The fraction of sp³-hybridized carbons (Fsp3) is 0.0714. The lowest BCUT2D eigenvalue weighted by Crippen LogP contribution is -1.86. The molecule has 0 fully saturated rings. The molecule has 2 rings (SSSR count). The third-order valence-electron chi connectivity index (χ3n) is 2.55. The molecule has 0 amide bonds. The Morgan fingerprint density at radius 2 is 1.82 bits per heavy atom. The maximum Gasteiger partial charge on any atom is 0.0998 e. The van der Waals surface area contributed by atoms with Crippen molar-refractivity contribution in [1.29, 1.82) is 5.26 Å². The van der Waals surface area contributed by atoms with Gasteiger partial charge in [0, 0.05) is 10.0 Å². The van der Waals surface area contributed by atoms with Crippen LogP contribution in [0.3, 0.4) is 0 Å². The molecule has 0 aliphatic heterocycles. The van der Waals surface area contributed by atoms with E-state index in [-0.39, 0.29) is 6.61 Å². The molecule has 84 valence electrons. The van der Waals surface area contributed by atoms with Crippen molar-refractivity contribution in [3.8, 4) is 17.2 Å². The maximum absolute atomic E-state index is 9.07. The predicted octanol–water partition coefficient (Wildman–Crippen LogP) is 3.48. The molecular formula is C14H10BrNO. The molecule has 3 heteroatoms. The number of hydrogen-bond acceptors (Lipinski definition) is 2. The number of rotatable bonds is 2. The minimum atomic E-state index is 0.0316. The lowest BCUT2D eigenvalue weighted by Gasteiger charge is -2.06.